The van der Waals surface area contributed by atoms with Crippen molar-refractivity contribution in [1.82, 2.24) is 5.32 Å². The van der Waals surface area contributed by atoms with Crippen molar-refractivity contribution < 1.29 is 32.2 Å². The first-order valence-corrected chi connectivity index (χ1v) is 9.57. The van der Waals surface area contributed by atoms with Crippen molar-refractivity contribution in [2.75, 3.05) is 38.2 Å². The maximum absolute atomic E-state index is 12.8. The molecule has 2 heterocycles. The SMILES string of the molecule is COc1ccc(C2CC(=O)c3cc(N4CCNCC4)ccc3O2)cc1OC(F)(F)F. The van der Waals surface area contributed by atoms with Crippen molar-refractivity contribution >= 4 is 11.5 Å². The lowest BCUT2D eigenvalue weighted by molar-refractivity contribution is -0.275. The highest BCUT2D eigenvalue weighted by Crippen LogP contribution is 2.40. The van der Waals surface area contributed by atoms with Gasteiger partial charge < -0.3 is 24.4 Å². The maximum atomic E-state index is 12.8. The minimum atomic E-state index is -4.86. The monoisotopic (exact) mass is 422 g/mol. The summed E-state index contributed by atoms with van der Waals surface area (Å²) in [4.78, 5) is 15.0. The second-order valence-corrected chi connectivity index (χ2v) is 7.11. The van der Waals surface area contributed by atoms with Crippen LogP contribution >= 0.6 is 0 Å². The van der Waals surface area contributed by atoms with Crippen molar-refractivity contribution in [3.63, 3.8) is 0 Å². The second-order valence-electron chi connectivity index (χ2n) is 7.11. The average molecular weight is 422 g/mol. The summed E-state index contributed by atoms with van der Waals surface area (Å²) in [7, 11) is 1.26. The van der Waals surface area contributed by atoms with E-state index in [1.807, 2.05) is 12.1 Å². The number of halogens is 3. The number of piperazine rings is 1. The van der Waals surface area contributed by atoms with E-state index in [0.717, 1.165) is 31.9 Å². The first-order valence-electron chi connectivity index (χ1n) is 9.57. The van der Waals surface area contributed by atoms with Crippen LogP contribution in [0.2, 0.25) is 0 Å². The van der Waals surface area contributed by atoms with E-state index >= 15 is 0 Å². The van der Waals surface area contributed by atoms with Crippen LogP contribution in [0.15, 0.2) is 36.4 Å². The summed E-state index contributed by atoms with van der Waals surface area (Å²) < 4.78 is 53.1. The summed E-state index contributed by atoms with van der Waals surface area (Å²) in [6.07, 6.45) is -5.55. The molecule has 2 aliphatic heterocycles. The molecule has 1 saturated heterocycles. The zero-order chi connectivity index (χ0) is 21.3. The normalized spacial score (nSPS) is 19.1. The summed E-state index contributed by atoms with van der Waals surface area (Å²) in [6.45, 7) is 3.46. The number of ketones is 1. The van der Waals surface area contributed by atoms with Gasteiger partial charge in [0.05, 0.1) is 19.1 Å². The summed E-state index contributed by atoms with van der Waals surface area (Å²) in [5.74, 6) is -0.228. The van der Waals surface area contributed by atoms with E-state index in [1.54, 1.807) is 12.1 Å². The quantitative estimate of drug-likeness (QED) is 0.811. The molecule has 2 aliphatic rings. The molecule has 0 spiro atoms. The number of rotatable bonds is 4. The molecule has 30 heavy (non-hydrogen) atoms. The van der Waals surface area contributed by atoms with E-state index in [9.17, 15) is 18.0 Å². The van der Waals surface area contributed by atoms with Crippen molar-refractivity contribution in [3.05, 3.63) is 47.5 Å². The number of benzene rings is 2. The molecule has 0 bridgehead atoms. The van der Waals surface area contributed by atoms with Gasteiger partial charge in [0.25, 0.3) is 0 Å². The second kappa shape index (κ2) is 8.06. The Morgan fingerprint density at radius 3 is 2.57 bits per heavy atom. The molecule has 2 aromatic rings. The fraction of sp³-hybridized carbons (Fsp3) is 0.381. The van der Waals surface area contributed by atoms with Crippen LogP contribution in [0.3, 0.4) is 0 Å². The molecule has 4 rings (SSSR count). The number of fused-ring (bicyclic) bond motifs is 1. The Labute approximate surface area is 171 Å². The zero-order valence-corrected chi connectivity index (χ0v) is 16.3. The minimum absolute atomic E-state index is 0.0236. The van der Waals surface area contributed by atoms with Gasteiger partial charge >= 0.3 is 6.36 Å². The fourth-order valence-corrected chi connectivity index (χ4v) is 3.72. The highest BCUT2D eigenvalue weighted by Gasteiger charge is 2.34. The van der Waals surface area contributed by atoms with Crippen LogP contribution < -0.4 is 24.4 Å². The molecule has 0 amide bonds. The number of nitrogens with one attached hydrogen (secondary N) is 1. The number of hydrogen-bond donors (Lipinski definition) is 1. The van der Waals surface area contributed by atoms with Crippen molar-refractivity contribution in [2.24, 2.45) is 0 Å². The van der Waals surface area contributed by atoms with Gasteiger partial charge in [-0.3, -0.25) is 4.79 Å². The average Bonchev–Trinajstić information content (AvgIpc) is 2.73. The Balaban J connectivity index is 1.58. The molecule has 160 valence electrons. The van der Waals surface area contributed by atoms with Crippen LogP contribution in [0, 0.1) is 0 Å². The van der Waals surface area contributed by atoms with Crippen LogP contribution in [0.4, 0.5) is 18.9 Å². The molecule has 6 nitrogen and oxygen atoms in total. The number of carbonyl (C=O) groups excluding carboxylic acids is 1. The molecule has 1 N–H and O–H groups in total. The lowest BCUT2D eigenvalue weighted by Gasteiger charge is -2.31. The third-order valence-corrected chi connectivity index (χ3v) is 5.17. The zero-order valence-electron chi connectivity index (χ0n) is 16.3. The first-order chi connectivity index (χ1) is 14.3. The molecular weight excluding hydrogens is 401 g/mol. The third-order valence-electron chi connectivity index (χ3n) is 5.17. The predicted octanol–water partition coefficient (Wildman–Crippen LogP) is 3.71. The van der Waals surface area contributed by atoms with Crippen LogP contribution in [0.1, 0.15) is 28.4 Å². The number of methoxy groups -OCH3 is 1. The number of ether oxygens (including phenoxy) is 3. The van der Waals surface area contributed by atoms with Crippen molar-refractivity contribution in [1.29, 1.82) is 0 Å². The Hall–Kier alpha value is -2.94. The summed E-state index contributed by atoms with van der Waals surface area (Å²) in [6, 6.07) is 9.60. The van der Waals surface area contributed by atoms with Crippen LogP contribution in [-0.2, 0) is 0 Å². The number of hydrogen-bond acceptors (Lipinski definition) is 6. The molecule has 0 aliphatic carbocycles. The van der Waals surface area contributed by atoms with E-state index in [4.69, 9.17) is 9.47 Å². The molecule has 0 saturated carbocycles. The number of Topliss-reactive ketones (excluding diaryl/α,β-unsaturated/α-hetero) is 1. The van der Waals surface area contributed by atoms with E-state index in [2.05, 4.69) is 15.0 Å². The largest absolute Gasteiger partial charge is 0.573 e. The Kier molecular flexibility index (Phi) is 5.46. The molecule has 1 atom stereocenters. The van der Waals surface area contributed by atoms with Gasteiger partial charge in [-0.2, -0.15) is 0 Å². The van der Waals surface area contributed by atoms with Gasteiger partial charge in [-0.1, -0.05) is 6.07 Å². The number of nitrogens with zero attached hydrogens (tertiary/aromatic N) is 1. The Bertz CT molecular complexity index is 942. The van der Waals surface area contributed by atoms with Crippen molar-refractivity contribution in [2.45, 2.75) is 18.9 Å². The minimum Gasteiger partial charge on any atom is -0.493 e. The van der Waals surface area contributed by atoms with E-state index in [1.165, 1.54) is 19.2 Å². The Morgan fingerprint density at radius 2 is 1.87 bits per heavy atom. The summed E-state index contributed by atoms with van der Waals surface area (Å²) >= 11 is 0. The van der Waals surface area contributed by atoms with Crippen molar-refractivity contribution in [3.8, 4) is 17.2 Å². The van der Waals surface area contributed by atoms with Gasteiger partial charge in [0, 0.05) is 31.9 Å². The highest BCUT2D eigenvalue weighted by atomic mass is 19.4. The molecule has 9 heteroatoms. The Morgan fingerprint density at radius 1 is 1.10 bits per heavy atom. The van der Waals surface area contributed by atoms with Gasteiger partial charge in [0.2, 0.25) is 0 Å². The smallest absolute Gasteiger partial charge is 0.493 e. The van der Waals surface area contributed by atoms with E-state index < -0.39 is 18.2 Å². The van der Waals surface area contributed by atoms with Gasteiger partial charge in [-0.05, 0) is 35.9 Å². The number of carbonyl (C=O) groups is 1. The lowest BCUT2D eigenvalue weighted by atomic mass is 9.95. The van der Waals surface area contributed by atoms with Crippen LogP contribution in [0.5, 0.6) is 17.2 Å². The van der Waals surface area contributed by atoms with Crippen LogP contribution in [0.25, 0.3) is 0 Å². The fourth-order valence-electron chi connectivity index (χ4n) is 3.72. The lowest BCUT2D eigenvalue weighted by Crippen LogP contribution is -2.43. The number of anilines is 1. The molecule has 1 unspecified atom stereocenters. The van der Waals surface area contributed by atoms with E-state index in [0.29, 0.717) is 16.9 Å². The predicted molar refractivity (Wildman–Crippen MR) is 104 cm³/mol. The van der Waals surface area contributed by atoms with Gasteiger partial charge in [-0.25, -0.2) is 0 Å². The standard InChI is InChI=1S/C21H21F3N2O4/c1-28-18-4-2-13(10-20(18)30-21(22,23)24)19-12-16(27)15-11-14(3-5-17(15)29-19)26-8-6-25-7-9-26/h2-5,10-11,19,25H,6-9,12H2,1H3. The topological polar surface area (TPSA) is 60.0 Å². The molecular formula is C21H21F3N2O4. The summed E-state index contributed by atoms with van der Waals surface area (Å²) in [5, 5.41) is 3.28. The van der Waals surface area contributed by atoms with Gasteiger partial charge in [0.15, 0.2) is 17.3 Å². The maximum Gasteiger partial charge on any atom is 0.573 e. The van der Waals surface area contributed by atoms with E-state index in [-0.39, 0.29) is 18.0 Å². The third kappa shape index (κ3) is 4.30. The van der Waals surface area contributed by atoms with Gasteiger partial charge in [0.1, 0.15) is 11.9 Å². The first kappa shape index (κ1) is 20.3. The summed E-state index contributed by atoms with van der Waals surface area (Å²) in [5.41, 5.74) is 1.85. The molecule has 1 fully saturated rings. The number of alkyl halides is 3. The molecule has 0 radical (unpaired) electrons. The van der Waals surface area contributed by atoms with Crippen LogP contribution in [-0.4, -0.2) is 45.4 Å². The molecule has 0 aromatic heterocycles. The molecule has 2 aromatic carbocycles. The van der Waals surface area contributed by atoms with Gasteiger partial charge in [-0.15, -0.1) is 13.2 Å². The highest BCUT2D eigenvalue weighted by molar-refractivity contribution is 6.01.